The Labute approximate surface area is 187 Å². The fourth-order valence-electron chi connectivity index (χ4n) is 3.97. The van der Waals surface area contributed by atoms with Crippen molar-refractivity contribution >= 4 is 11.9 Å². The maximum Gasteiger partial charge on any atom is 0.263 e. The van der Waals surface area contributed by atoms with Gasteiger partial charge in [0.05, 0.1) is 11.4 Å². The van der Waals surface area contributed by atoms with E-state index in [0.717, 1.165) is 30.8 Å². The summed E-state index contributed by atoms with van der Waals surface area (Å²) in [5.41, 5.74) is 2.48. The number of rotatable bonds is 7. The molecule has 8 heteroatoms. The van der Waals surface area contributed by atoms with Crippen molar-refractivity contribution in [2.75, 3.05) is 18.0 Å². The number of nitrogens with zero attached hydrogens (tertiary/aromatic N) is 4. The molecule has 1 amide bonds. The molecule has 0 aliphatic carbocycles. The minimum Gasteiger partial charge on any atom is -0.360 e. The van der Waals surface area contributed by atoms with Crippen LogP contribution in [0.3, 0.4) is 0 Å². The van der Waals surface area contributed by atoms with Crippen LogP contribution in [0.25, 0.3) is 11.4 Å². The Balaban J connectivity index is 1.44. The summed E-state index contributed by atoms with van der Waals surface area (Å²) in [6.07, 6.45) is 7.05. The first kappa shape index (κ1) is 21.8. The molecule has 4 rings (SSSR count). The van der Waals surface area contributed by atoms with Crippen molar-refractivity contribution in [1.29, 1.82) is 0 Å². The summed E-state index contributed by atoms with van der Waals surface area (Å²) in [6, 6.07) is 7.55. The van der Waals surface area contributed by atoms with Crippen molar-refractivity contribution in [1.82, 2.24) is 24.8 Å². The van der Waals surface area contributed by atoms with E-state index in [1.54, 1.807) is 17.0 Å². The number of aromatic amines is 1. The van der Waals surface area contributed by atoms with E-state index in [-0.39, 0.29) is 23.1 Å². The second kappa shape index (κ2) is 9.38. The molecule has 3 aromatic rings. The van der Waals surface area contributed by atoms with Gasteiger partial charge in [0.15, 0.2) is 0 Å². The summed E-state index contributed by atoms with van der Waals surface area (Å²) in [5.74, 6) is 0.822. The van der Waals surface area contributed by atoms with Gasteiger partial charge in [-0.05, 0) is 55.5 Å². The molecule has 8 nitrogen and oxygen atoms in total. The van der Waals surface area contributed by atoms with Crippen molar-refractivity contribution in [3.63, 3.8) is 0 Å². The summed E-state index contributed by atoms with van der Waals surface area (Å²) >= 11 is 0. The summed E-state index contributed by atoms with van der Waals surface area (Å²) in [6.45, 7) is 8.01. The molecule has 0 radical (unpaired) electrons. The Morgan fingerprint density at radius 2 is 2.16 bits per heavy atom. The molecular weight excluding hydrogens is 404 g/mol. The van der Waals surface area contributed by atoms with Gasteiger partial charge in [0.2, 0.25) is 5.95 Å². The number of H-pyrrole nitrogens is 1. The minimum absolute atomic E-state index is 0.0663. The molecule has 1 saturated heterocycles. The zero-order chi connectivity index (χ0) is 22.7. The fourth-order valence-corrected chi connectivity index (χ4v) is 3.97. The van der Waals surface area contributed by atoms with Crippen LogP contribution in [0.1, 0.15) is 42.6 Å². The Hall–Kier alpha value is -3.42. The molecule has 4 heterocycles. The van der Waals surface area contributed by atoms with Crippen molar-refractivity contribution in [3.05, 3.63) is 64.3 Å². The van der Waals surface area contributed by atoms with Crippen molar-refractivity contribution in [2.24, 2.45) is 5.92 Å². The molecule has 1 fully saturated rings. The van der Waals surface area contributed by atoms with Crippen LogP contribution in [0, 0.1) is 12.8 Å². The third kappa shape index (κ3) is 4.74. The lowest BCUT2D eigenvalue weighted by atomic mass is 10.1. The Bertz CT molecular complexity index is 1140. The highest BCUT2D eigenvalue weighted by molar-refractivity contribution is 5.95. The lowest BCUT2D eigenvalue weighted by Gasteiger charge is -2.18. The Morgan fingerprint density at radius 3 is 2.91 bits per heavy atom. The molecular formula is C24H30N6O2. The van der Waals surface area contributed by atoms with Gasteiger partial charge in [-0.15, -0.1) is 0 Å². The van der Waals surface area contributed by atoms with Gasteiger partial charge in [0, 0.05) is 44.3 Å². The van der Waals surface area contributed by atoms with Crippen LogP contribution < -0.4 is 15.8 Å². The zero-order valence-corrected chi connectivity index (χ0v) is 18.8. The lowest BCUT2D eigenvalue weighted by molar-refractivity contribution is 0.0937. The average molecular weight is 435 g/mol. The highest BCUT2D eigenvalue weighted by Gasteiger charge is 2.27. The molecule has 1 unspecified atom stereocenters. The van der Waals surface area contributed by atoms with E-state index in [1.165, 1.54) is 0 Å². The summed E-state index contributed by atoms with van der Waals surface area (Å²) in [4.78, 5) is 40.2. The number of aryl methyl sites for hydroxylation is 2. The van der Waals surface area contributed by atoms with E-state index < -0.39 is 0 Å². The number of aromatic nitrogens is 4. The number of carbonyl (C=O) groups excluding carboxylic acids is 1. The molecule has 0 aromatic carbocycles. The normalized spacial score (nSPS) is 16.0. The average Bonchev–Trinajstić information content (AvgIpc) is 3.46. The molecule has 168 valence electrons. The van der Waals surface area contributed by atoms with Crippen LogP contribution in [0.15, 0.2) is 47.7 Å². The summed E-state index contributed by atoms with van der Waals surface area (Å²) in [7, 11) is 0. The molecule has 0 bridgehead atoms. The van der Waals surface area contributed by atoms with Crippen LogP contribution in [-0.2, 0) is 6.54 Å². The molecule has 1 atom stereocenters. The highest BCUT2D eigenvalue weighted by Crippen LogP contribution is 2.20. The number of amides is 1. The standard InChI is InChI=1S/C24H30N6O2/c1-16(2)7-12-29-13-8-17(3)21(23(29)32)22(31)27-18-9-14-30(15-18)24-26-11-6-20(28-24)19-5-4-10-25-19/h4-6,8,10-11,13,16,18,25H,7,9,12,14-15H2,1-3H3,(H,27,31). The van der Waals surface area contributed by atoms with Gasteiger partial charge in [-0.1, -0.05) is 13.8 Å². The van der Waals surface area contributed by atoms with E-state index in [2.05, 4.69) is 39.0 Å². The predicted octanol–water partition coefficient (Wildman–Crippen LogP) is 3.00. The summed E-state index contributed by atoms with van der Waals surface area (Å²) in [5, 5.41) is 3.06. The quantitative estimate of drug-likeness (QED) is 0.596. The largest absolute Gasteiger partial charge is 0.360 e. The molecule has 2 N–H and O–H groups in total. The molecule has 1 aliphatic heterocycles. The van der Waals surface area contributed by atoms with Crippen LogP contribution >= 0.6 is 0 Å². The first-order valence-corrected chi connectivity index (χ1v) is 11.1. The Kier molecular flexibility index (Phi) is 6.39. The predicted molar refractivity (Wildman–Crippen MR) is 125 cm³/mol. The van der Waals surface area contributed by atoms with E-state index in [0.29, 0.717) is 30.5 Å². The number of pyridine rings is 1. The van der Waals surface area contributed by atoms with Gasteiger partial charge in [-0.3, -0.25) is 9.59 Å². The SMILES string of the molecule is Cc1ccn(CCC(C)C)c(=O)c1C(=O)NC1CCN(c2nccc(-c3ccc[nH]3)n2)C1. The Morgan fingerprint density at radius 1 is 1.31 bits per heavy atom. The second-order valence-electron chi connectivity index (χ2n) is 8.79. The van der Waals surface area contributed by atoms with Crippen LogP contribution in [0.4, 0.5) is 5.95 Å². The molecule has 32 heavy (non-hydrogen) atoms. The summed E-state index contributed by atoms with van der Waals surface area (Å²) < 4.78 is 1.64. The van der Waals surface area contributed by atoms with Gasteiger partial charge in [-0.25, -0.2) is 9.97 Å². The maximum atomic E-state index is 13.0. The smallest absolute Gasteiger partial charge is 0.263 e. The number of nitrogens with one attached hydrogen (secondary N) is 2. The van der Waals surface area contributed by atoms with Crippen molar-refractivity contribution < 1.29 is 4.79 Å². The van der Waals surface area contributed by atoms with E-state index >= 15 is 0 Å². The number of hydrogen-bond donors (Lipinski definition) is 2. The lowest BCUT2D eigenvalue weighted by Crippen LogP contribution is -2.41. The number of hydrogen-bond acceptors (Lipinski definition) is 5. The number of anilines is 1. The number of carbonyl (C=O) groups is 1. The van der Waals surface area contributed by atoms with E-state index in [4.69, 9.17) is 0 Å². The monoisotopic (exact) mass is 434 g/mol. The second-order valence-corrected chi connectivity index (χ2v) is 8.79. The first-order chi connectivity index (χ1) is 15.4. The van der Waals surface area contributed by atoms with Crippen LogP contribution in [-0.4, -0.2) is 44.6 Å². The van der Waals surface area contributed by atoms with Gasteiger partial charge < -0.3 is 19.8 Å². The maximum absolute atomic E-state index is 13.0. The topological polar surface area (TPSA) is 95.9 Å². The van der Waals surface area contributed by atoms with Crippen molar-refractivity contribution in [2.45, 2.75) is 46.2 Å². The fraction of sp³-hybridized carbons (Fsp3) is 0.417. The molecule has 0 saturated carbocycles. The third-order valence-electron chi connectivity index (χ3n) is 5.87. The van der Waals surface area contributed by atoms with Crippen molar-refractivity contribution in [3.8, 4) is 11.4 Å². The first-order valence-electron chi connectivity index (χ1n) is 11.1. The van der Waals surface area contributed by atoms with Gasteiger partial charge in [0.25, 0.3) is 11.5 Å². The van der Waals surface area contributed by atoms with Crippen LogP contribution in [0.2, 0.25) is 0 Å². The third-order valence-corrected chi connectivity index (χ3v) is 5.87. The van der Waals surface area contributed by atoms with E-state index in [9.17, 15) is 9.59 Å². The zero-order valence-electron chi connectivity index (χ0n) is 18.8. The minimum atomic E-state index is -0.306. The van der Waals surface area contributed by atoms with E-state index in [1.807, 2.05) is 37.4 Å². The molecule has 1 aliphatic rings. The highest BCUT2D eigenvalue weighted by atomic mass is 16.2. The van der Waals surface area contributed by atoms with Gasteiger partial charge in [0.1, 0.15) is 5.56 Å². The van der Waals surface area contributed by atoms with Crippen LogP contribution in [0.5, 0.6) is 0 Å². The molecule has 3 aromatic heterocycles. The van der Waals surface area contributed by atoms with Gasteiger partial charge in [-0.2, -0.15) is 0 Å². The van der Waals surface area contributed by atoms with Gasteiger partial charge >= 0.3 is 0 Å². The molecule has 0 spiro atoms.